The SMILES string of the molecule is N#Cc1ccc(N2CCN3C(=O)[C@@H](CCCc4cccc5c4NCC(c4ccc6nccnc6c4CCC[C@H]4C[C@H]6CN(c7ccc(C#N)cn7)CCN6C4=O)N5)C[C@H]3C2)nc1. The zero-order valence-electron chi connectivity index (χ0n) is 34.8. The van der Waals surface area contributed by atoms with E-state index in [9.17, 15) is 14.9 Å². The number of carbonyl (C=O) groups excluding carboxylic acids is 2. The monoisotopic (exact) mass is 826 g/mol. The summed E-state index contributed by atoms with van der Waals surface area (Å²) in [7, 11) is 0. The Bertz CT molecular complexity index is 2570. The van der Waals surface area contributed by atoms with E-state index in [0.29, 0.717) is 30.8 Å². The van der Waals surface area contributed by atoms with E-state index in [1.165, 1.54) is 16.7 Å². The van der Waals surface area contributed by atoms with Crippen LogP contribution in [0.25, 0.3) is 11.0 Å². The Balaban J connectivity index is 0.762. The molecule has 5 aliphatic heterocycles. The number of carbonyl (C=O) groups is 2. The van der Waals surface area contributed by atoms with Gasteiger partial charge in [0.1, 0.15) is 23.8 Å². The molecule has 10 rings (SSSR count). The summed E-state index contributed by atoms with van der Waals surface area (Å²) in [4.78, 5) is 54.2. The summed E-state index contributed by atoms with van der Waals surface area (Å²) in [5, 5.41) is 26.0. The van der Waals surface area contributed by atoms with Crippen molar-refractivity contribution >= 4 is 45.9 Å². The highest BCUT2D eigenvalue weighted by Gasteiger charge is 2.43. The van der Waals surface area contributed by atoms with Gasteiger partial charge in [-0.2, -0.15) is 10.5 Å². The van der Waals surface area contributed by atoms with E-state index in [0.717, 1.165) is 112 Å². The van der Waals surface area contributed by atoms with Crippen LogP contribution in [-0.2, 0) is 22.4 Å². The number of anilines is 4. The summed E-state index contributed by atoms with van der Waals surface area (Å²) in [5.74, 6) is 2.30. The number of nitrogens with one attached hydrogen (secondary N) is 2. The fourth-order valence-electron chi connectivity index (χ4n) is 10.7. The number of para-hydroxylation sites is 1. The summed E-state index contributed by atoms with van der Waals surface area (Å²) in [6.45, 7) is 5.12. The minimum Gasteiger partial charge on any atom is -0.381 e. The van der Waals surface area contributed by atoms with Crippen molar-refractivity contribution in [2.75, 3.05) is 66.2 Å². The van der Waals surface area contributed by atoms with Crippen molar-refractivity contribution in [3.05, 3.63) is 107 Å². The molecule has 14 nitrogen and oxygen atoms in total. The minimum absolute atomic E-state index is 0.00503. The van der Waals surface area contributed by atoms with Crippen molar-refractivity contribution < 1.29 is 9.59 Å². The van der Waals surface area contributed by atoms with Crippen molar-refractivity contribution in [2.24, 2.45) is 11.8 Å². The van der Waals surface area contributed by atoms with Gasteiger partial charge in [0.15, 0.2) is 0 Å². The maximum Gasteiger partial charge on any atom is 0.226 e. The molecule has 2 amide bonds. The van der Waals surface area contributed by atoms with Gasteiger partial charge in [-0.1, -0.05) is 18.2 Å². The molecule has 0 aliphatic carbocycles. The van der Waals surface area contributed by atoms with Crippen LogP contribution < -0.4 is 20.4 Å². The molecule has 0 saturated carbocycles. The summed E-state index contributed by atoms with van der Waals surface area (Å²) in [6, 6.07) is 22.8. The lowest BCUT2D eigenvalue weighted by atomic mass is 9.90. The molecule has 5 aromatic rings. The number of rotatable bonds is 11. The highest BCUT2D eigenvalue weighted by molar-refractivity contribution is 5.83. The number of nitriles is 2. The number of nitrogens with zero attached hydrogens (tertiary/aromatic N) is 10. The van der Waals surface area contributed by atoms with E-state index in [1.807, 2.05) is 12.1 Å². The number of hydrogen-bond acceptors (Lipinski definition) is 12. The summed E-state index contributed by atoms with van der Waals surface area (Å²) >= 11 is 0. The molecule has 0 radical (unpaired) electrons. The lowest BCUT2D eigenvalue weighted by Crippen LogP contribution is -2.51. The standard InChI is InChI=1S/C48H50N12O2/c49-24-31-10-14-43(53-26-31)57-18-20-59-36(29-57)22-34(47(59)61)6-1-4-33-5-3-9-41-45(33)55-28-42(56-41)38-12-13-40-46(52-17-16-51-40)39(38)8-2-7-35-23-37-30-58(19-21-60(37)48(35)62)44-15-11-32(25-50)27-54-44/h3,5,9-17,26-27,34-37,42,55-56H,1-2,4,6-8,18-23,28-30H2/t34-,35-,36-,37-,42?/m0/s1. The third kappa shape index (κ3) is 7.59. The van der Waals surface area contributed by atoms with Crippen LogP contribution in [0.1, 0.15) is 72.4 Å². The second-order valence-corrected chi connectivity index (χ2v) is 17.4. The third-order valence-corrected chi connectivity index (χ3v) is 13.8. The van der Waals surface area contributed by atoms with Crippen LogP contribution in [0.15, 0.2) is 79.4 Å². The Kier molecular flexibility index (Phi) is 10.7. The Hall–Kier alpha value is -6.80. The molecule has 314 valence electrons. The average molecular weight is 827 g/mol. The topological polar surface area (TPSA) is 170 Å². The predicted octanol–water partition coefficient (Wildman–Crippen LogP) is 5.86. The molecule has 4 saturated heterocycles. The second kappa shape index (κ2) is 16.9. The van der Waals surface area contributed by atoms with Crippen LogP contribution in [0.5, 0.6) is 0 Å². The molecule has 4 fully saturated rings. The first-order valence-corrected chi connectivity index (χ1v) is 22.1. The van der Waals surface area contributed by atoms with Gasteiger partial charge in [-0.25, -0.2) is 9.97 Å². The molecule has 8 heterocycles. The van der Waals surface area contributed by atoms with Crippen LogP contribution >= 0.6 is 0 Å². The van der Waals surface area contributed by atoms with Crippen molar-refractivity contribution in [1.82, 2.24) is 29.7 Å². The Labute approximate surface area is 361 Å². The van der Waals surface area contributed by atoms with Gasteiger partial charge in [-0.05, 0) is 104 Å². The minimum atomic E-state index is -0.00503. The van der Waals surface area contributed by atoms with Gasteiger partial charge in [0.25, 0.3) is 0 Å². The summed E-state index contributed by atoms with van der Waals surface area (Å²) < 4.78 is 0. The van der Waals surface area contributed by atoms with Gasteiger partial charge in [0.2, 0.25) is 11.8 Å². The number of aromatic nitrogens is 4. The van der Waals surface area contributed by atoms with Gasteiger partial charge in [-0.15, -0.1) is 0 Å². The molecule has 5 aliphatic rings. The van der Waals surface area contributed by atoms with E-state index in [4.69, 9.17) is 10.2 Å². The van der Waals surface area contributed by atoms with Gasteiger partial charge >= 0.3 is 0 Å². The first-order chi connectivity index (χ1) is 30.4. The van der Waals surface area contributed by atoms with Gasteiger partial charge in [0.05, 0.1) is 51.7 Å². The molecule has 14 heteroatoms. The van der Waals surface area contributed by atoms with Gasteiger partial charge in [0, 0.05) is 82.4 Å². The predicted molar refractivity (Wildman–Crippen MR) is 236 cm³/mol. The molecule has 0 spiro atoms. The number of fused-ring (bicyclic) bond motifs is 4. The van der Waals surface area contributed by atoms with Crippen molar-refractivity contribution in [2.45, 2.75) is 69.5 Å². The average Bonchev–Trinajstić information content (AvgIpc) is 3.81. The van der Waals surface area contributed by atoms with E-state index in [1.54, 1.807) is 36.9 Å². The molecule has 2 N–H and O–H groups in total. The largest absolute Gasteiger partial charge is 0.381 e. The van der Waals surface area contributed by atoms with Crippen molar-refractivity contribution in [3.8, 4) is 12.1 Å². The van der Waals surface area contributed by atoms with E-state index < -0.39 is 0 Å². The lowest BCUT2D eigenvalue weighted by Gasteiger charge is -2.38. The Morgan fingerprint density at radius 1 is 0.694 bits per heavy atom. The zero-order valence-corrected chi connectivity index (χ0v) is 34.8. The van der Waals surface area contributed by atoms with Crippen LogP contribution in [0.4, 0.5) is 23.0 Å². The highest BCUT2D eigenvalue weighted by atomic mass is 16.2. The first kappa shape index (κ1) is 39.3. The Morgan fingerprint density at radius 3 is 1.94 bits per heavy atom. The molecule has 62 heavy (non-hydrogen) atoms. The fraction of sp³-hybridized carbons (Fsp3) is 0.417. The van der Waals surface area contributed by atoms with Crippen LogP contribution in [0, 0.1) is 34.5 Å². The van der Waals surface area contributed by atoms with E-state index in [-0.39, 0.29) is 41.8 Å². The smallest absolute Gasteiger partial charge is 0.226 e. The third-order valence-electron chi connectivity index (χ3n) is 13.8. The zero-order chi connectivity index (χ0) is 42.2. The molecule has 5 atom stereocenters. The summed E-state index contributed by atoms with van der Waals surface area (Å²) in [6.07, 6.45) is 13.6. The Morgan fingerprint density at radius 2 is 1.32 bits per heavy atom. The van der Waals surface area contributed by atoms with E-state index in [2.05, 4.69) is 87.7 Å². The second-order valence-electron chi connectivity index (χ2n) is 17.4. The van der Waals surface area contributed by atoms with Crippen molar-refractivity contribution in [1.29, 1.82) is 10.5 Å². The fourth-order valence-corrected chi connectivity index (χ4v) is 10.7. The van der Waals surface area contributed by atoms with E-state index >= 15 is 0 Å². The number of pyridine rings is 2. The molecule has 1 unspecified atom stereocenters. The molecule has 0 bridgehead atoms. The van der Waals surface area contributed by atoms with Gasteiger partial charge < -0.3 is 30.2 Å². The number of aryl methyl sites for hydroxylation is 2. The maximum atomic E-state index is 13.6. The normalized spacial score (nSPS) is 23.0. The summed E-state index contributed by atoms with van der Waals surface area (Å²) in [5.41, 5.74) is 8.75. The van der Waals surface area contributed by atoms with Gasteiger partial charge in [-0.3, -0.25) is 19.6 Å². The van der Waals surface area contributed by atoms with Crippen LogP contribution in [0.3, 0.4) is 0 Å². The van der Waals surface area contributed by atoms with Crippen LogP contribution in [-0.4, -0.2) is 99.4 Å². The number of amides is 2. The number of piperazine rings is 2. The number of hydrogen-bond donors (Lipinski definition) is 2. The molecule has 2 aromatic carbocycles. The molecule has 3 aromatic heterocycles. The van der Waals surface area contributed by atoms with Crippen LogP contribution in [0.2, 0.25) is 0 Å². The maximum absolute atomic E-state index is 13.6. The first-order valence-electron chi connectivity index (χ1n) is 22.1. The highest BCUT2D eigenvalue weighted by Crippen LogP contribution is 2.39. The quantitative estimate of drug-likeness (QED) is 0.163. The molecular weight excluding hydrogens is 777 g/mol. The molecular formula is C48H50N12O2. The lowest BCUT2D eigenvalue weighted by molar-refractivity contribution is -0.133. The number of benzene rings is 2. The van der Waals surface area contributed by atoms with Crippen molar-refractivity contribution in [3.63, 3.8) is 0 Å².